The van der Waals surface area contributed by atoms with E-state index in [0.29, 0.717) is 10.9 Å². The molecule has 25 heavy (non-hydrogen) atoms. The van der Waals surface area contributed by atoms with Gasteiger partial charge in [-0.25, -0.2) is 17.2 Å². The smallest absolute Gasteiger partial charge is 0.358 e. The second-order valence-corrected chi connectivity index (χ2v) is 7.37. The number of para-hydroxylation sites is 1. The fraction of sp³-hybridized carbons (Fsp3) is 0.167. The first-order valence-electron chi connectivity index (χ1n) is 7.76. The maximum absolute atomic E-state index is 13.2. The number of fused-ring (bicyclic) bond motifs is 1. The van der Waals surface area contributed by atoms with Crippen molar-refractivity contribution >= 4 is 32.6 Å². The Labute approximate surface area is 145 Å². The number of ether oxygens (including phenoxy) is 1. The lowest BCUT2D eigenvalue weighted by Crippen LogP contribution is -2.20. The molecule has 1 aromatic heterocycles. The number of aryl methyl sites for hydroxylation is 1. The highest BCUT2D eigenvalue weighted by Crippen LogP contribution is 2.32. The van der Waals surface area contributed by atoms with Crippen molar-refractivity contribution in [3.63, 3.8) is 0 Å². The van der Waals surface area contributed by atoms with Crippen molar-refractivity contribution in [1.82, 2.24) is 3.97 Å². The fourth-order valence-electron chi connectivity index (χ4n) is 2.69. The first-order valence-corrected chi connectivity index (χ1v) is 9.20. The summed E-state index contributed by atoms with van der Waals surface area (Å²) < 4.78 is 32.4. The molecule has 0 saturated carbocycles. The maximum Gasteiger partial charge on any atom is 0.358 e. The van der Waals surface area contributed by atoms with Crippen LogP contribution in [0.25, 0.3) is 10.9 Å². The number of nitrogen functional groups attached to an aromatic ring is 1. The molecule has 2 N–H and O–H groups in total. The first kappa shape index (κ1) is 17.0. The number of carbonyl (C=O) groups is 1. The summed E-state index contributed by atoms with van der Waals surface area (Å²) >= 11 is 0. The van der Waals surface area contributed by atoms with Crippen LogP contribution in [0, 0.1) is 6.92 Å². The lowest BCUT2D eigenvalue weighted by Gasteiger charge is -2.12. The quantitative estimate of drug-likeness (QED) is 0.724. The Morgan fingerprint density at radius 1 is 1.12 bits per heavy atom. The third-order valence-electron chi connectivity index (χ3n) is 3.90. The molecule has 0 amide bonds. The number of carbonyl (C=O) groups excluding carboxylic acids is 1. The minimum Gasteiger partial charge on any atom is -0.461 e. The normalized spacial score (nSPS) is 11.6. The van der Waals surface area contributed by atoms with Gasteiger partial charge in [0.1, 0.15) is 0 Å². The van der Waals surface area contributed by atoms with Gasteiger partial charge in [0.2, 0.25) is 0 Å². The largest absolute Gasteiger partial charge is 0.461 e. The Morgan fingerprint density at radius 3 is 2.40 bits per heavy atom. The van der Waals surface area contributed by atoms with Crippen molar-refractivity contribution in [1.29, 1.82) is 0 Å². The van der Waals surface area contributed by atoms with Gasteiger partial charge in [-0.2, -0.15) is 0 Å². The molecule has 0 atom stereocenters. The topological polar surface area (TPSA) is 91.4 Å². The van der Waals surface area contributed by atoms with Crippen molar-refractivity contribution < 1.29 is 17.9 Å². The lowest BCUT2D eigenvalue weighted by molar-refractivity contribution is 0.0520. The number of hydrogen-bond donors (Lipinski definition) is 1. The molecule has 2 aromatic carbocycles. The molecule has 0 aliphatic heterocycles. The molecule has 1 heterocycles. The number of nitrogens with two attached hydrogens (primary N) is 1. The van der Waals surface area contributed by atoms with E-state index in [1.165, 1.54) is 12.1 Å². The van der Waals surface area contributed by atoms with Gasteiger partial charge in [0.15, 0.2) is 5.69 Å². The van der Waals surface area contributed by atoms with E-state index in [1.807, 2.05) is 6.92 Å². The molecule has 0 aliphatic rings. The van der Waals surface area contributed by atoms with Crippen LogP contribution in [0.1, 0.15) is 23.0 Å². The molecule has 0 unspecified atom stereocenters. The van der Waals surface area contributed by atoms with Crippen molar-refractivity contribution in [2.24, 2.45) is 0 Å². The van der Waals surface area contributed by atoms with Gasteiger partial charge in [-0.15, -0.1) is 0 Å². The van der Waals surface area contributed by atoms with E-state index in [9.17, 15) is 13.2 Å². The van der Waals surface area contributed by atoms with Crippen molar-refractivity contribution in [2.45, 2.75) is 18.7 Å². The zero-order valence-corrected chi connectivity index (χ0v) is 14.7. The van der Waals surface area contributed by atoms with E-state index in [-0.39, 0.29) is 22.9 Å². The Bertz CT molecular complexity index is 1050. The number of aromatic nitrogens is 1. The van der Waals surface area contributed by atoms with E-state index in [2.05, 4.69) is 0 Å². The molecule has 0 bridgehead atoms. The summed E-state index contributed by atoms with van der Waals surface area (Å²) in [6, 6.07) is 13.1. The van der Waals surface area contributed by atoms with Crippen LogP contribution in [-0.4, -0.2) is 25.0 Å². The van der Waals surface area contributed by atoms with Gasteiger partial charge in [-0.05, 0) is 32.0 Å². The van der Waals surface area contributed by atoms with E-state index < -0.39 is 16.0 Å². The lowest BCUT2D eigenvalue weighted by atomic mass is 10.2. The molecule has 0 spiro atoms. The molecular formula is C18H18N2O4S. The van der Waals surface area contributed by atoms with Crippen LogP contribution in [0.3, 0.4) is 0 Å². The summed E-state index contributed by atoms with van der Waals surface area (Å²) in [7, 11) is -4.02. The average molecular weight is 358 g/mol. The summed E-state index contributed by atoms with van der Waals surface area (Å²) in [6.45, 7) is 3.63. The van der Waals surface area contributed by atoms with E-state index in [1.54, 1.807) is 43.3 Å². The average Bonchev–Trinajstić information content (AvgIpc) is 2.89. The van der Waals surface area contributed by atoms with Gasteiger partial charge in [0.25, 0.3) is 10.0 Å². The summed E-state index contributed by atoms with van der Waals surface area (Å²) in [5, 5.41) is 0.487. The number of benzene rings is 2. The van der Waals surface area contributed by atoms with Gasteiger partial charge in [-0.1, -0.05) is 35.9 Å². The molecule has 0 fully saturated rings. The summed E-state index contributed by atoms with van der Waals surface area (Å²) in [4.78, 5) is 12.5. The van der Waals surface area contributed by atoms with Gasteiger partial charge in [-0.3, -0.25) is 0 Å². The first-order chi connectivity index (χ1) is 11.9. The van der Waals surface area contributed by atoms with Gasteiger partial charge >= 0.3 is 5.97 Å². The number of esters is 1. The summed E-state index contributed by atoms with van der Waals surface area (Å²) in [6.07, 6.45) is 0. The third-order valence-corrected chi connectivity index (χ3v) is 5.63. The molecule has 0 saturated heterocycles. The predicted octanol–water partition coefficient (Wildman–Crippen LogP) is 2.95. The minimum absolute atomic E-state index is 0.0735. The van der Waals surface area contributed by atoms with E-state index >= 15 is 0 Å². The molecule has 3 rings (SSSR count). The number of anilines is 1. The van der Waals surface area contributed by atoms with Crippen molar-refractivity contribution in [2.75, 3.05) is 12.3 Å². The van der Waals surface area contributed by atoms with Crippen LogP contribution in [0.5, 0.6) is 0 Å². The zero-order valence-electron chi connectivity index (χ0n) is 13.9. The summed E-state index contributed by atoms with van der Waals surface area (Å²) in [5.74, 6) is -0.771. The zero-order chi connectivity index (χ0) is 18.2. The van der Waals surface area contributed by atoms with Gasteiger partial charge < -0.3 is 10.5 Å². The van der Waals surface area contributed by atoms with Crippen molar-refractivity contribution in [3.8, 4) is 0 Å². The maximum atomic E-state index is 13.2. The molecular weight excluding hydrogens is 340 g/mol. The summed E-state index contributed by atoms with van der Waals surface area (Å²) in [5.41, 5.74) is 7.26. The van der Waals surface area contributed by atoms with Crippen LogP contribution in [-0.2, 0) is 14.8 Å². The second-order valence-electron chi connectivity index (χ2n) is 5.58. The Balaban J connectivity index is 2.36. The van der Waals surface area contributed by atoms with Crippen molar-refractivity contribution in [3.05, 3.63) is 59.8 Å². The number of rotatable bonds is 4. The van der Waals surface area contributed by atoms with Gasteiger partial charge in [0.05, 0.1) is 22.7 Å². The monoisotopic (exact) mass is 358 g/mol. The second kappa shape index (κ2) is 6.25. The molecule has 130 valence electrons. The predicted molar refractivity (Wildman–Crippen MR) is 96.1 cm³/mol. The van der Waals surface area contributed by atoms with Crippen LogP contribution < -0.4 is 5.73 Å². The highest BCUT2D eigenvalue weighted by molar-refractivity contribution is 7.90. The highest BCUT2D eigenvalue weighted by Gasteiger charge is 2.30. The van der Waals surface area contributed by atoms with Crippen LogP contribution in [0.2, 0.25) is 0 Å². The standard InChI is InChI=1S/C18H18N2O4S/c1-3-24-18(21)17-16(19)14-6-4-5-7-15(14)20(17)25(22,23)13-10-8-12(2)9-11-13/h4-11H,3,19H2,1-2H3. The Hall–Kier alpha value is -2.80. The number of nitrogens with zero attached hydrogens (tertiary/aromatic N) is 1. The van der Waals surface area contributed by atoms with E-state index in [0.717, 1.165) is 9.54 Å². The molecule has 0 radical (unpaired) electrons. The highest BCUT2D eigenvalue weighted by atomic mass is 32.2. The molecule has 3 aromatic rings. The third kappa shape index (κ3) is 2.76. The van der Waals surface area contributed by atoms with Crippen LogP contribution in [0.4, 0.5) is 5.69 Å². The van der Waals surface area contributed by atoms with Gasteiger partial charge in [0, 0.05) is 5.39 Å². The number of hydrogen-bond acceptors (Lipinski definition) is 5. The van der Waals surface area contributed by atoms with Crippen LogP contribution in [0.15, 0.2) is 53.4 Å². The Morgan fingerprint density at radius 2 is 1.76 bits per heavy atom. The molecule has 0 aliphatic carbocycles. The fourth-order valence-corrected chi connectivity index (χ4v) is 4.22. The Kier molecular flexibility index (Phi) is 4.26. The minimum atomic E-state index is -4.02. The van der Waals surface area contributed by atoms with Crippen LogP contribution >= 0.6 is 0 Å². The molecule has 6 nitrogen and oxygen atoms in total. The SMILES string of the molecule is CCOC(=O)c1c(N)c2ccccc2n1S(=O)(=O)c1ccc(C)cc1. The van der Waals surface area contributed by atoms with E-state index in [4.69, 9.17) is 10.5 Å². The molecule has 7 heteroatoms.